The average Bonchev–Trinajstić information content (AvgIpc) is 3.11. The van der Waals surface area contributed by atoms with E-state index < -0.39 is 0 Å². The molecule has 2 atom stereocenters. The van der Waals surface area contributed by atoms with Crippen LogP contribution in [-0.2, 0) is 24.9 Å². The molecule has 0 bridgehead atoms. The van der Waals surface area contributed by atoms with E-state index in [0.717, 1.165) is 56.4 Å². The number of fused-ring (bicyclic) bond motifs is 1. The first-order chi connectivity index (χ1) is 12.1. The van der Waals surface area contributed by atoms with Crippen LogP contribution >= 0.6 is 0 Å². The molecule has 0 aliphatic carbocycles. The van der Waals surface area contributed by atoms with Gasteiger partial charge in [-0.3, -0.25) is 19.5 Å². The quantitative estimate of drug-likeness (QED) is 0.844. The summed E-state index contributed by atoms with van der Waals surface area (Å²) in [6, 6.07) is 6.73. The molecule has 0 amide bonds. The van der Waals surface area contributed by atoms with Gasteiger partial charge in [0.05, 0.1) is 30.1 Å². The van der Waals surface area contributed by atoms with Crippen LogP contribution in [0.3, 0.4) is 0 Å². The number of rotatable bonds is 4. The highest BCUT2D eigenvalue weighted by molar-refractivity contribution is 5.16. The summed E-state index contributed by atoms with van der Waals surface area (Å²) in [5.41, 5.74) is 4.68. The van der Waals surface area contributed by atoms with Gasteiger partial charge < -0.3 is 4.74 Å². The lowest BCUT2D eigenvalue weighted by molar-refractivity contribution is -0.0508. The lowest BCUT2D eigenvalue weighted by atomic mass is 10.1. The minimum Gasteiger partial charge on any atom is -0.374 e. The molecule has 2 aliphatic heterocycles. The van der Waals surface area contributed by atoms with Gasteiger partial charge in [0, 0.05) is 57.2 Å². The summed E-state index contributed by atoms with van der Waals surface area (Å²) in [6.45, 7) is 9.84. The molecule has 2 saturated heterocycles. The van der Waals surface area contributed by atoms with Crippen molar-refractivity contribution in [1.82, 2.24) is 24.6 Å². The van der Waals surface area contributed by atoms with Crippen molar-refractivity contribution >= 4 is 0 Å². The third-order valence-electron chi connectivity index (χ3n) is 5.31. The number of likely N-dealkylation sites (tertiary alicyclic amines) is 1. The molecular weight excluding hydrogens is 314 g/mol. The van der Waals surface area contributed by atoms with Gasteiger partial charge in [0.1, 0.15) is 0 Å². The van der Waals surface area contributed by atoms with E-state index in [2.05, 4.69) is 58.1 Å². The number of hydrogen-bond acceptors (Lipinski definition) is 5. The first kappa shape index (κ1) is 16.7. The van der Waals surface area contributed by atoms with Crippen molar-refractivity contribution in [1.29, 1.82) is 0 Å². The van der Waals surface area contributed by atoms with Crippen LogP contribution in [0.1, 0.15) is 22.6 Å². The molecule has 2 aromatic heterocycles. The standard InChI is InChI=1S/C19H27N5O/c1-14-5-4-6-17(20-14)11-24-7-8-25-19-13-23(12-18(19)24)10-16-9-22(3)21-15(16)2/h4-6,9,18-19H,7-8,10-13H2,1-3H3/t18-,19-/m0/s1. The third kappa shape index (κ3) is 3.61. The number of nitrogens with zero attached hydrogens (tertiary/aromatic N) is 5. The Labute approximate surface area is 149 Å². The highest BCUT2D eigenvalue weighted by Gasteiger charge is 2.40. The molecular formula is C19H27N5O. The first-order valence-corrected chi connectivity index (χ1v) is 9.08. The molecule has 6 heteroatoms. The molecule has 0 N–H and O–H groups in total. The minimum atomic E-state index is 0.301. The molecule has 0 spiro atoms. The Balaban J connectivity index is 1.44. The molecule has 0 saturated carbocycles. The Morgan fingerprint density at radius 1 is 1.20 bits per heavy atom. The molecule has 0 aromatic carbocycles. The topological polar surface area (TPSA) is 46.4 Å². The SMILES string of the molecule is Cc1cccc(CN2CCO[C@H]3CN(Cc4cn(C)nc4C)C[C@@H]32)n1. The van der Waals surface area contributed by atoms with Gasteiger partial charge in [0.2, 0.25) is 0 Å². The Hall–Kier alpha value is -1.76. The second kappa shape index (κ2) is 6.86. The Bertz CT molecular complexity index is 743. The van der Waals surface area contributed by atoms with Gasteiger partial charge in [-0.25, -0.2) is 0 Å². The van der Waals surface area contributed by atoms with E-state index in [1.165, 1.54) is 5.56 Å². The molecule has 2 aliphatic rings. The van der Waals surface area contributed by atoms with Gasteiger partial charge >= 0.3 is 0 Å². The van der Waals surface area contributed by atoms with Gasteiger partial charge in [-0.15, -0.1) is 0 Å². The second-order valence-corrected chi connectivity index (χ2v) is 7.32. The Morgan fingerprint density at radius 3 is 2.84 bits per heavy atom. The monoisotopic (exact) mass is 341 g/mol. The van der Waals surface area contributed by atoms with E-state index >= 15 is 0 Å². The van der Waals surface area contributed by atoms with E-state index in [4.69, 9.17) is 4.74 Å². The lowest BCUT2D eigenvalue weighted by Crippen LogP contribution is -2.50. The van der Waals surface area contributed by atoms with Crippen molar-refractivity contribution in [2.45, 2.75) is 39.1 Å². The predicted octanol–water partition coefficient (Wildman–Crippen LogP) is 1.52. The molecule has 25 heavy (non-hydrogen) atoms. The fourth-order valence-electron chi connectivity index (χ4n) is 4.10. The molecule has 6 nitrogen and oxygen atoms in total. The van der Waals surface area contributed by atoms with Crippen LogP contribution in [0.5, 0.6) is 0 Å². The zero-order valence-corrected chi connectivity index (χ0v) is 15.4. The Kier molecular flexibility index (Phi) is 4.58. The maximum atomic E-state index is 6.07. The third-order valence-corrected chi connectivity index (χ3v) is 5.31. The second-order valence-electron chi connectivity index (χ2n) is 7.32. The highest BCUT2D eigenvalue weighted by Crippen LogP contribution is 2.26. The highest BCUT2D eigenvalue weighted by atomic mass is 16.5. The van der Waals surface area contributed by atoms with Crippen molar-refractivity contribution in [3.63, 3.8) is 0 Å². The smallest absolute Gasteiger partial charge is 0.0870 e. The zero-order valence-electron chi connectivity index (χ0n) is 15.4. The van der Waals surface area contributed by atoms with Crippen LogP contribution in [-0.4, -0.2) is 63.0 Å². The van der Waals surface area contributed by atoms with E-state index in [0.29, 0.717) is 12.1 Å². The minimum absolute atomic E-state index is 0.301. The summed E-state index contributed by atoms with van der Waals surface area (Å²) in [5, 5.41) is 4.46. The molecule has 0 radical (unpaired) electrons. The maximum Gasteiger partial charge on any atom is 0.0870 e. The predicted molar refractivity (Wildman–Crippen MR) is 96.1 cm³/mol. The van der Waals surface area contributed by atoms with Crippen molar-refractivity contribution in [3.8, 4) is 0 Å². The average molecular weight is 341 g/mol. The van der Waals surface area contributed by atoms with E-state index in [1.54, 1.807) is 0 Å². The van der Waals surface area contributed by atoms with Gasteiger partial charge in [-0.2, -0.15) is 5.10 Å². The molecule has 2 fully saturated rings. The fraction of sp³-hybridized carbons (Fsp3) is 0.579. The van der Waals surface area contributed by atoms with Crippen LogP contribution < -0.4 is 0 Å². The summed E-state index contributed by atoms with van der Waals surface area (Å²) in [5.74, 6) is 0. The summed E-state index contributed by atoms with van der Waals surface area (Å²) < 4.78 is 7.98. The van der Waals surface area contributed by atoms with Crippen molar-refractivity contribution in [3.05, 3.63) is 47.0 Å². The maximum absolute atomic E-state index is 6.07. The number of ether oxygens (including phenoxy) is 1. The van der Waals surface area contributed by atoms with Crippen molar-refractivity contribution < 1.29 is 4.74 Å². The van der Waals surface area contributed by atoms with Gasteiger partial charge in [-0.1, -0.05) is 6.07 Å². The van der Waals surface area contributed by atoms with E-state index in [-0.39, 0.29) is 0 Å². The van der Waals surface area contributed by atoms with Gasteiger partial charge in [0.15, 0.2) is 0 Å². The number of aryl methyl sites for hydroxylation is 3. The number of aromatic nitrogens is 3. The van der Waals surface area contributed by atoms with E-state index in [1.807, 2.05) is 11.7 Å². The van der Waals surface area contributed by atoms with Crippen LogP contribution in [0.2, 0.25) is 0 Å². The van der Waals surface area contributed by atoms with Crippen molar-refractivity contribution in [2.75, 3.05) is 26.2 Å². The summed E-state index contributed by atoms with van der Waals surface area (Å²) >= 11 is 0. The fourth-order valence-corrected chi connectivity index (χ4v) is 4.10. The lowest BCUT2D eigenvalue weighted by Gasteiger charge is -2.36. The number of pyridine rings is 1. The van der Waals surface area contributed by atoms with Crippen LogP contribution in [0.25, 0.3) is 0 Å². The van der Waals surface area contributed by atoms with Gasteiger partial charge in [-0.05, 0) is 26.0 Å². The molecule has 4 rings (SSSR count). The van der Waals surface area contributed by atoms with Crippen LogP contribution in [0.15, 0.2) is 24.4 Å². The first-order valence-electron chi connectivity index (χ1n) is 9.08. The summed E-state index contributed by atoms with van der Waals surface area (Å²) in [6.07, 6.45) is 2.43. The Morgan fingerprint density at radius 2 is 2.08 bits per heavy atom. The molecule has 0 unspecified atom stereocenters. The van der Waals surface area contributed by atoms with Gasteiger partial charge in [0.25, 0.3) is 0 Å². The number of hydrogen-bond donors (Lipinski definition) is 0. The molecule has 4 heterocycles. The largest absolute Gasteiger partial charge is 0.374 e. The van der Waals surface area contributed by atoms with E-state index in [9.17, 15) is 0 Å². The van der Waals surface area contributed by atoms with Crippen LogP contribution in [0.4, 0.5) is 0 Å². The molecule has 2 aromatic rings. The number of morpholine rings is 1. The van der Waals surface area contributed by atoms with Crippen molar-refractivity contribution in [2.24, 2.45) is 7.05 Å². The normalized spacial score (nSPS) is 24.6. The summed E-state index contributed by atoms with van der Waals surface area (Å²) in [7, 11) is 1.99. The summed E-state index contributed by atoms with van der Waals surface area (Å²) in [4.78, 5) is 9.72. The molecule has 134 valence electrons. The van der Waals surface area contributed by atoms with Crippen LogP contribution in [0, 0.1) is 13.8 Å². The zero-order chi connectivity index (χ0) is 17.4.